The zero-order valence-corrected chi connectivity index (χ0v) is 21.0. The van der Waals surface area contributed by atoms with Gasteiger partial charge < -0.3 is 24.6 Å². The van der Waals surface area contributed by atoms with Crippen molar-refractivity contribution < 1.29 is 28.2 Å². The van der Waals surface area contributed by atoms with Crippen molar-refractivity contribution in [1.82, 2.24) is 10.2 Å². The first-order valence-electron chi connectivity index (χ1n) is 12.5. The summed E-state index contributed by atoms with van der Waals surface area (Å²) in [5.74, 6) is 0.238. The molecule has 2 heterocycles. The van der Waals surface area contributed by atoms with Crippen LogP contribution in [-0.4, -0.2) is 75.3 Å². The van der Waals surface area contributed by atoms with Gasteiger partial charge in [0.25, 0.3) is 0 Å². The van der Waals surface area contributed by atoms with Crippen LogP contribution in [0.2, 0.25) is 0 Å². The van der Waals surface area contributed by atoms with E-state index >= 15 is 4.39 Å². The summed E-state index contributed by atoms with van der Waals surface area (Å²) in [7, 11) is 1.64. The molecule has 2 atom stereocenters. The summed E-state index contributed by atoms with van der Waals surface area (Å²) in [5.41, 5.74) is 3.21. The molecule has 0 saturated carbocycles. The fourth-order valence-electron chi connectivity index (χ4n) is 5.34. The molecule has 0 bridgehead atoms. The van der Waals surface area contributed by atoms with Crippen LogP contribution in [-0.2, 0) is 27.2 Å². The average Bonchev–Trinajstić information content (AvgIpc) is 3.49. The van der Waals surface area contributed by atoms with E-state index in [2.05, 4.69) is 5.32 Å². The Morgan fingerprint density at radius 2 is 1.84 bits per heavy atom. The number of cyclic esters (lactones) is 1. The topological polar surface area (TPSA) is 91.4 Å². The minimum Gasteiger partial charge on any atom is -0.497 e. The summed E-state index contributed by atoms with van der Waals surface area (Å²) >= 11 is 0. The lowest BCUT2D eigenvalue weighted by molar-refractivity contribution is -0.135. The summed E-state index contributed by atoms with van der Waals surface area (Å²) in [6.45, 7) is 3.95. The second-order valence-corrected chi connectivity index (χ2v) is 9.74. The van der Waals surface area contributed by atoms with Crippen molar-refractivity contribution >= 4 is 29.3 Å². The number of ether oxygens (including phenoxy) is 2. The molecule has 1 N–H and O–H groups in total. The molecule has 9 nitrogen and oxygen atoms in total. The van der Waals surface area contributed by atoms with Gasteiger partial charge in [-0.05, 0) is 54.3 Å². The highest BCUT2D eigenvalue weighted by atomic mass is 19.1. The van der Waals surface area contributed by atoms with Gasteiger partial charge in [0.05, 0.1) is 31.6 Å². The predicted molar refractivity (Wildman–Crippen MR) is 135 cm³/mol. The average molecular weight is 511 g/mol. The molecule has 2 fully saturated rings. The lowest BCUT2D eigenvalue weighted by Gasteiger charge is -2.37. The Morgan fingerprint density at radius 1 is 1.08 bits per heavy atom. The fraction of sp³-hybridized carbons (Fsp3) is 0.444. The zero-order valence-electron chi connectivity index (χ0n) is 21.0. The minimum atomic E-state index is -0.567. The van der Waals surface area contributed by atoms with Gasteiger partial charge >= 0.3 is 6.09 Å². The second kappa shape index (κ2) is 10.3. The number of methoxy groups -OCH3 is 1. The monoisotopic (exact) mass is 510 g/mol. The van der Waals surface area contributed by atoms with E-state index in [1.165, 1.54) is 29.0 Å². The summed E-state index contributed by atoms with van der Waals surface area (Å²) in [6, 6.07) is 10.7. The van der Waals surface area contributed by atoms with Crippen molar-refractivity contribution in [1.29, 1.82) is 0 Å². The highest BCUT2D eigenvalue weighted by Gasteiger charge is 2.34. The van der Waals surface area contributed by atoms with E-state index in [9.17, 15) is 14.4 Å². The summed E-state index contributed by atoms with van der Waals surface area (Å²) in [4.78, 5) is 41.7. The number of rotatable bonds is 6. The number of amides is 3. The van der Waals surface area contributed by atoms with Crippen molar-refractivity contribution in [3.63, 3.8) is 0 Å². The molecule has 2 aromatic rings. The molecule has 2 unspecified atom stereocenters. The molecule has 0 aromatic heterocycles. The van der Waals surface area contributed by atoms with E-state index in [0.29, 0.717) is 44.0 Å². The SMILES string of the molecule is COc1ccc2c(c1)CC(C(=O)N1CCN(c3ccc(N4CC(CNC(C)=O)OC4=O)cc3F)CC1)C2. The smallest absolute Gasteiger partial charge is 0.414 e. The first-order chi connectivity index (χ1) is 17.8. The van der Waals surface area contributed by atoms with E-state index in [1.54, 1.807) is 19.2 Å². The number of hydrogen-bond acceptors (Lipinski definition) is 6. The van der Waals surface area contributed by atoms with Crippen LogP contribution in [0.4, 0.5) is 20.6 Å². The normalized spacial score (nSPS) is 21.1. The maximum absolute atomic E-state index is 15.1. The van der Waals surface area contributed by atoms with Gasteiger partial charge in [-0.2, -0.15) is 0 Å². The minimum absolute atomic E-state index is 0.0700. The Kier molecular flexibility index (Phi) is 6.90. The van der Waals surface area contributed by atoms with E-state index in [4.69, 9.17) is 9.47 Å². The van der Waals surface area contributed by atoms with E-state index in [1.807, 2.05) is 28.0 Å². The molecule has 2 aromatic carbocycles. The van der Waals surface area contributed by atoms with Gasteiger partial charge in [0.2, 0.25) is 11.8 Å². The molecular weight excluding hydrogens is 479 g/mol. The first kappa shape index (κ1) is 24.9. The number of hydrogen-bond donors (Lipinski definition) is 1. The number of carbonyl (C=O) groups excluding carboxylic acids is 3. The maximum atomic E-state index is 15.1. The summed E-state index contributed by atoms with van der Waals surface area (Å²) in [6.07, 6.45) is 0.396. The number of anilines is 2. The molecule has 196 valence electrons. The number of piperazine rings is 1. The van der Waals surface area contributed by atoms with Crippen molar-refractivity contribution in [2.24, 2.45) is 5.92 Å². The summed E-state index contributed by atoms with van der Waals surface area (Å²) in [5, 5.41) is 2.63. The maximum Gasteiger partial charge on any atom is 0.414 e. The second-order valence-electron chi connectivity index (χ2n) is 9.74. The zero-order chi connectivity index (χ0) is 26.1. The van der Waals surface area contributed by atoms with Gasteiger partial charge in [0.1, 0.15) is 17.7 Å². The molecule has 5 rings (SSSR count). The standard InChI is InChI=1S/C27H31FN4O5/c1-17(33)29-15-23-16-32(27(35)37-23)21-4-6-25(24(28)14-21)30-7-9-31(10-8-30)26(34)20-11-18-3-5-22(36-2)13-19(18)12-20/h3-6,13-14,20,23H,7-12,15-16H2,1-2H3,(H,29,33). The largest absolute Gasteiger partial charge is 0.497 e. The predicted octanol–water partition coefficient (Wildman–Crippen LogP) is 2.36. The molecule has 3 amide bonds. The Labute approximate surface area is 215 Å². The fourth-order valence-corrected chi connectivity index (χ4v) is 5.34. The van der Waals surface area contributed by atoms with Crippen molar-refractivity contribution in [2.45, 2.75) is 25.9 Å². The first-order valence-corrected chi connectivity index (χ1v) is 12.5. The molecule has 2 saturated heterocycles. The van der Waals surface area contributed by atoms with Gasteiger partial charge in [0.15, 0.2) is 0 Å². The summed E-state index contributed by atoms with van der Waals surface area (Å²) < 4.78 is 25.7. The number of nitrogens with zero attached hydrogens (tertiary/aromatic N) is 3. The molecule has 0 spiro atoms. The van der Waals surface area contributed by atoms with Gasteiger partial charge in [-0.15, -0.1) is 0 Å². The van der Waals surface area contributed by atoms with Crippen LogP contribution in [0.3, 0.4) is 0 Å². The number of fused-ring (bicyclic) bond motifs is 1. The van der Waals surface area contributed by atoms with E-state index in [-0.39, 0.29) is 30.8 Å². The third-order valence-electron chi connectivity index (χ3n) is 7.32. The van der Waals surface area contributed by atoms with Crippen LogP contribution in [0, 0.1) is 11.7 Å². The van der Waals surface area contributed by atoms with E-state index in [0.717, 1.165) is 12.2 Å². The Balaban J connectivity index is 1.17. The molecule has 10 heteroatoms. The van der Waals surface area contributed by atoms with Gasteiger partial charge in [0, 0.05) is 39.0 Å². The van der Waals surface area contributed by atoms with E-state index < -0.39 is 18.0 Å². The molecular formula is C27H31FN4O5. The lowest BCUT2D eigenvalue weighted by Crippen LogP contribution is -2.50. The Hall–Kier alpha value is -3.82. The van der Waals surface area contributed by atoms with Crippen molar-refractivity contribution in [3.8, 4) is 5.75 Å². The Bertz CT molecular complexity index is 1210. The number of nitrogens with one attached hydrogen (secondary N) is 1. The lowest BCUT2D eigenvalue weighted by atomic mass is 10.0. The van der Waals surface area contributed by atoms with Crippen LogP contribution in [0.1, 0.15) is 18.1 Å². The van der Waals surface area contributed by atoms with Gasteiger partial charge in [-0.1, -0.05) is 6.07 Å². The van der Waals surface area contributed by atoms with Crippen molar-refractivity contribution in [3.05, 3.63) is 53.3 Å². The third kappa shape index (κ3) is 5.19. The van der Waals surface area contributed by atoms with Crippen LogP contribution < -0.4 is 19.9 Å². The molecule has 3 aliphatic rings. The molecule has 2 aliphatic heterocycles. The third-order valence-corrected chi connectivity index (χ3v) is 7.32. The molecule has 37 heavy (non-hydrogen) atoms. The van der Waals surface area contributed by atoms with Crippen molar-refractivity contribution in [2.75, 3.05) is 56.2 Å². The van der Waals surface area contributed by atoms with Gasteiger partial charge in [-0.25, -0.2) is 9.18 Å². The van der Waals surface area contributed by atoms with Crippen LogP contribution in [0.5, 0.6) is 5.75 Å². The van der Waals surface area contributed by atoms with Crippen LogP contribution in [0.15, 0.2) is 36.4 Å². The molecule has 1 aliphatic carbocycles. The van der Waals surface area contributed by atoms with Crippen LogP contribution in [0.25, 0.3) is 0 Å². The Morgan fingerprint density at radius 3 is 2.54 bits per heavy atom. The van der Waals surface area contributed by atoms with Crippen LogP contribution >= 0.6 is 0 Å². The van der Waals surface area contributed by atoms with Gasteiger partial charge in [-0.3, -0.25) is 14.5 Å². The number of carbonyl (C=O) groups is 3. The highest BCUT2D eigenvalue weighted by molar-refractivity contribution is 5.90. The highest BCUT2D eigenvalue weighted by Crippen LogP contribution is 2.32. The number of halogens is 1. The quantitative estimate of drug-likeness (QED) is 0.642. The number of benzene rings is 2. The molecule has 0 radical (unpaired) electrons.